The lowest BCUT2D eigenvalue weighted by Gasteiger charge is -2.36. The van der Waals surface area contributed by atoms with Crippen molar-refractivity contribution >= 4 is 40.7 Å². The lowest BCUT2D eigenvalue weighted by Crippen LogP contribution is -2.52. The van der Waals surface area contributed by atoms with E-state index in [-0.39, 0.29) is 0 Å². The summed E-state index contributed by atoms with van der Waals surface area (Å²) in [6.07, 6.45) is 3.33. The Labute approximate surface area is 146 Å². The summed E-state index contributed by atoms with van der Waals surface area (Å²) in [4.78, 5) is 10.6. The van der Waals surface area contributed by atoms with Crippen LogP contribution >= 0.6 is 34.7 Å². The van der Waals surface area contributed by atoms with E-state index in [4.69, 9.17) is 11.6 Å². The van der Waals surface area contributed by atoms with Crippen molar-refractivity contribution in [1.82, 2.24) is 15.1 Å². The Kier molecular flexibility index (Phi) is 7.86. The second-order valence-corrected chi connectivity index (χ2v) is 8.07. The molecule has 7 heteroatoms. The van der Waals surface area contributed by atoms with Crippen molar-refractivity contribution in [1.29, 1.82) is 0 Å². The highest BCUT2D eigenvalue weighted by Crippen LogP contribution is 2.23. The first kappa shape index (κ1) is 17.9. The average molecular weight is 361 g/mol. The highest BCUT2D eigenvalue weighted by molar-refractivity contribution is 7.98. The summed E-state index contributed by atoms with van der Waals surface area (Å²) in [6.45, 7) is 6.21. The smallest absolute Gasteiger partial charge is 0.193 e. The number of nitrogens with zero attached hydrogens (tertiary/aromatic N) is 3. The molecule has 0 unspecified atom stereocenters. The maximum Gasteiger partial charge on any atom is 0.193 e. The minimum absolute atomic E-state index is 0.878. The van der Waals surface area contributed by atoms with Crippen molar-refractivity contribution in [2.45, 2.75) is 13.0 Å². The van der Waals surface area contributed by atoms with Crippen LogP contribution in [0.1, 0.15) is 11.3 Å². The molecule has 0 radical (unpaired) electrons. The molecule has 0 aromatic carbocycles. The van der Waals surface area contributed by atoms with E-state index in [1.54, 1.807) is 11.3 Å². The molecule has 0 saturated carbocycles. The highest BCUT2D eigenvalue weighted by atomic mass is 35.5. The minimum atomic E-state index is 0.878. The Morgan fingerprint density at radius 2 is 2.14 bits per heavy atom. The zero-order valence-electron chi connectivity index (χ0n) is 13.3. The van der Waals surface area contributed by atoms with E-state index in [1.807, 2.05) is 24.9 Å². The van der Waals surface area contributed by atoms with Crippen molar-refractivity contribution in [3.05, 3.63) is 21.3 Å². The molecule has 0 atom stereocenters. The van der Waals surface area contributed by atoms with Gasteiger partial charge < -0.3 is 10.2 Å². The number of rotatable bonds is 6. The van der Waals surface area contributed by atoms with Crippen LogP contribution in [0.25, 0.3) is 0 Å². The van der Waals surface area contributed by atoms with Gasteiger partial charge in [0.05, 0.1) is 4.34 Å². The minimum Gasteiger partial charge on any atom is -0.356 e. The van der Waals surface area contributed by atoms with Gasteiger partial charge in [-0.15, -0.1) is 11.3 Å². The van der Waals surface area contributed by atoms with E-state index < -0.39 is 0 Å². The van der Waals surface area contributed by atoms with Gasteiger partial charge in [-0.05, 0) is 30.6 Å². The van der Waals surface area contributed by atoms with E-state index in [2.05, 4.69) is 32.4 Å². The topological polar surface area (TPSA) is 30.9 Å². The fraction of sp³-hybridized carbons (Fsp3) is 0.667. The molecule has 1 aliphatic heterocycles. The fourth-order valence-electron chi connectivity index (χ4n) is 2.52. The Morgan fingerprint density at radius 3 is 2.73 bits per heavy atom. The molecule has 0 spiro atoms. The van der Waals surface area contributed by atoms with E-state index in [0.717, 1.165) is 49.6 Å². The van der Waals surface area contributed by atoms with E-state index in [9.17, 15) is 0 Å². The molecule has 1 N–H and O–H groups in total. The Hall–Kier alpha value is -0.430. The first-order valence-electron chi connectivity index (χ1n) is 7.64. The van der Waals surface area contributed by atoms with Crippen LogP contribution in [0.5, 0.6) is 0 Å². The second kappa shape index (κ2) is 9.65. The summed E-state index contributed by atoms with van der Waals surface area (Å²) in [7, 11) is 1.87. The van der Waals surface area contributed by atoms with Gasteiger partial charge in [0.2, 0.25) is 0 Å². The largest absolute Gasteiger partial charge is 0.356 e. The third-order valence-electron chi connectivity index (χ3n) is 3.70. The third-order valence-corrected chi connectivity index (χ3v) is 5.61. The summed E-state index contributed by atoms with van der Waals surface area (Å²) in [6, 6.07) is 4.11. The van der Waals surface area contributed by atoms with E-state index >= 15 is 0 Å². The molecule has 22 heavy (non-hydrogen) atoms. The van der Waals surface area contributed by atoms with Crippen LogP contribution in [0, 0.1) is 0 Å². The molecule has 1 aromatic heterocycles. The van der Waals surface area contributed by atoms with Crippen LogP contribution in [-0.4, -0.2) is 67.5 Å². The van der Waals surface area contributed by atoms with Crippen molar-refractivity contribution in [3.8, 4) is 0 Å². The van der Waals surface area contributed by atoms with Crippen LogP contribution in [0.4, 0.5) is 0 Å². The Morgan fingerprint density at radius 1 is 1.36 bits per heavy atom. The van der Waals surface area contributed by atoms with Crippen LogP contribution < -0.4 is 5.32 Å². The molecule has 0 amide bonds. The number of guanidine groups is 1. The molecular weight excluding hydrogens is 336 g/mol. The Balaban J connectivity index is 1.73. The molecule has 2 heterocycles. The molecule has 1 saturated heterocycles. The normalized spacial score (nSPS) is 17.0. The van der Waals surface area contributed by atoms with Crippen LogP contribution in [0.15, 0.2) is 17.1 Å². The predicted molar refractivity (Wildman–Crippen MR) is 101 cm³/mol. The SMILES string of the molecule is CN=C(NCCCSC)N1CCN(Cc2ccc(Cl)s2)CC1. The van der Waals surface area contributed by atoms with Crippen LogP contribution in [0.2, 0.25) is 4.34 Å². The van der Waals surface area contributed by atoms with Gasteiger partial charge in [0.15, 0.2) is 5.96 Å². The molecular formula is C15H25ClN4S2. The van der Waals surface area contributed by atoms with Crippen molar-refractivity contribution in [2.24, 2.45) is 4.99 Å². The Bertz CT molecular complexity index is 470. The number of thioether (sulfide) groups is 1. The van der Waals surface area contributed by atoms with Gasteiger partial charge >= 0.3 is 0 Å². The molecule has 1 aromatic rings. The zero-order chi connectivity index (χ0) is 15.8. The molecule has 124 valence electrons. The number of halogens is 1. The summed E-state index contributed by atoms with van der Waals surface area (Å²) in [5, 5.41) is 3.47. The summed E-state index contributed by atoms with van der Waals surface area (Å²) in [5.74, 6) is 2.24. The zero-order valence-corrected chi connectivity index (χ0v) is 15.7. The second-order valence-electron chi connectivity index (χ2n) is 5.29. The van der Waals surface area contributed by atoms with Gasteiger partial charge in [0.1, 0.15) is 0 Å². The molecule has 4 nitrogen and oxygen atoms in total. The average Bonchev–Trinajstić information content (AvgIpc) is 2.94. The summed E-state index contributed by atoms with van der Waals surface area (Å²) in [5.41, 5.74) is 0. The first-order chi connectivity index (χ1) is 10.7. The number of hydrogen-bond acceptors (Lipinski definition) is 4. The monoisotopic (exact) mass is 360 g/mol. The fourth-order valence-corrected chi connectivity index (χ4v) is 4.09. The van der Waals surface area contributed by atoms with Gasteiger partial charge in [0.25, 0.3) is 0 Å². The number of piperazine rings is 1. The van der Waals surface area contributed by atoms with Gasteiger partial charge in [-0.25, -0.2) is 0 Å². The molecule has 1 aliphatic rings. The third kappa shape index (κ3) is 5.65. The molecule has 1 fully saturated rings. The lowest BCUT2D eigenvalue weighted by molar-refractivity contribution is 0.174. The van der Waals surface area contributed by atoms with Crippen LogP contribution in [0.3, 0.4) is 0 Å². The quantitative estimate of drug-likeness (QED) is 0.480. The van der Waals surface area contributed by atoms with Gasteiger partial charge in [-0.1, -0.05) is 11.6 Å². The number of nitrogens with one attached hydrogen (secondary N) is 1. The van der Waals surface area contributed by atoms with Gasteiger partial charge in [0, 0.05) is 51.2 Å². The van der Waals surface area contributed by atoms with Crippen molar-refractivity contribution < 1.29 is 0 Å². The standard InChI is InChI=1S/C15H25ClN4S2/c1-17-15(18-6-3-11-21-2)20-9-7-19(8-10-20)12-13-4-5-14(16)22-13/h4-5H,3,6-12H2,1-2H3,(H,17,18). The maximum atomic E-state index is 6.00. The summed E-state index contributed by atoms with van der Waals surface area (Å²) >= 11 is 9.57. The van der Waals surface area contributed by atoms with Gasteiger partial charge in [-0.3, -0.25) is 9.89 Å². The lowest BCUT2D eigenvalue weighted by atomic mass is 10.3. The van der Waals surface area contributed by atoms with Crippen LogP contribution in [-0.2, 0) is 6.54 Å². The first-order valence-corrected chi connectivity index (χ1v) is 10.2. The maximum absolute atomic E-state index is 6.00. The predicted octanol–water partition coefficient (Wildman–Crippen LogP) is 2.85. The molecule has 0 bridgehead atoms. The molecule has 0 aliphatic carbocycles. The number of thiophene rings is 1. The van der Waals surface area contributed by atoms with E-state index in [1.165, 1.54) is 17.1 Å². The summed E-state index contributed by atoms with van der Waals surface area (Å²) < 4.78 is 0.878. The van der Waals surface area contributed by atoms with Crippen molar-refractivity contribution in [2.75, 3.05) is 51.8 Å². The number of aliphatic imine (C=N–C) groups is 1. The number of hydrogen-bond donors (Lipinski definition) is 1. The highest BCUT2D eigenvalue weighted by Gasteiger charge is 2.19. The van der Waals surface area contributed by atoms with Crippen molar-refractivity contribution in [3.63, 3.8) is 0 Å². The van der Waals surface area contributed by atoms with E-state index in [0.29, 0.717) is 0 Å². The van der Waals surface area contributed by atoms with Gasteiger partial charge in [-0.2, -0.15) is 11.8 Å². The molecule has 2 rings (SSSR count).